The molecule has 1 fully saturated rings. The van der Waals surface area contributed by atoms with E-state index in [1.54, 1.807) is 24.3 Å². The van der Waals surface area contributed by atoms with E-state index < -0.39 is 11.9 Å². The molecule has 1 N–H and O–H groups in total. The molecule has 4 nitrogen and oxygen atoms in total. The summed E-state index contributed by atoms with van der Waals surface area (Å²) in [4.78, 5) is 7.94. The van der Waals surface area contributed by atoms with Crippen LogP contribution >= 0.6 is 12.4 Å². The highest BCUT2D eigenvalue weighted by Gasteiger charge is 2.34. The molecule has 1 saturated carbocycles. The van der Waals surface area contributed by atoms with Gasteiger partial charge in [0.15, 0.2) is 5.69 Å². The Balaban J connectivity index is 0.00000225. The maximum atomic E-state index is 13.2. The fourth-order valence-corrected chi connectivity index (χ4v) is 2.84. The Morgan fingerprint density at radius 1 is 1.12 bits per heavy atom. The molecular formula is C17H19ClF3N3O. The van der Waals surface area contributed by atoms with Crippen molar-refractivity contribution in [2.75, 3.05) is 12.4 Å². The van der Waals surface area contributed by atoms with E-state index in [9.17, 15) is 13.2 Å². The molecule has 3 rings (SSSR count). The number of nitrogens with one attached hydrogen (secondary N) is 1. The molecule has 25 heavy (non-hydrogen) atoms. The van der Waals surface area contributed by atoms with Crippen molar-refractivity contribution < 1.29 is 17.9 Å². The Hall–Kier alpha value is -2.02. The molecule has 0 unspecified atom stereocenters. The molecule has 0 spiro atoms. The molecule has 0 saturated heterocycles. The molecule has 0 radical (unpaired) electrons. The minimum atomic E-state index is -4.53. The van der Waals surface area contributed by atoms with Gasteiger partial charge in [-0.25, -0.2) is 9.97 Å². The summed E-state index contributed by atoms with van der Waals surface area (Å²) < 4.78 is 44.7. The van der Waals surface area contributed by atoms with E-state index >= 15 is 0 Å². The average Bonchev–Trinajstić information content (AvgIpc) is 3.07. The zero-order chi connectivity index (χ0) is 17.2. The third kappa shape index (κ3) is 4.75. The first kappa shape index (κ1) is 19.3. The second-order valence-electron chi connectivity index (χ2n) is 5.82. The number of methoxy groups -OCH3 is 1. The lowest BCUT2D eigenvalue weighted by atomic mass is 10.1. The number of rotatable bonds is 4. The second kappa shape index (κ2) is 7.91. The normalized spacial score (nSPS) is 14.9. The van der Waals surface area contributed by atoms with Crippen LogP contribution in [0.2, 0.25) is 0 Å². The van der Waals surface area contributed by atoms with Gasteiger partial charge < -0.3 is 10.1 Å². The van der Waals surface area contributed by atoms with Gasteiger partial charge in [0, 0.05) is 11.6 Å². The highest BCUT2D eigenvalue weighted by atomic mass is 35.5. The Labute approximate surface area is 150 Å². The third-order valence-corrected chi connectivity index (χ3v) is 4.07. The molecular weight excluding hydrogens is 355 g/mol. The van der Waals surface area contributed by atoms with Crippen LogP contribution in [-0.2, 0) is 6.18 Å². The summed E-state index contributed by atoms with van der Waals surface area (Å²) in [7, 11) is 1.51. The van der Waals surface area contributed by atoms with Crippen molar-refractivity contribution in [1.29, 1.82) is 0 Å². The number of ether oxygens (including phenoxy) is 1. The zero-order valence-electron chi connectivity index (χ0n) is 13.6. The summed E-state index contributed by atoms with van der Waals surface area (Å²) in [5.74, 6) is 0.583. The molecule has 1 aliphatic carbocycles. The molecule has 0 atom stereocenters. The standard InChI is InChI=1S/C17H18F3N3O.ClH/c1-24-13-8-4-5-11(9-13)14-10-15(17(18,19)20)23-16(22-14)21-12-6-2-3-7-12;/h4-5,8-10,12H,2-3,6-7H2,1H3,(H,21,22,23);1H. The minimum absolute atomic E-state index is 0. The van der Waals surface area contributed by atoms with E-state index in [0.29, 0.717) is 11.3 Å². The predicted molar refractivity (Wildman–Crippen MR) is 92.1 cm³/mol. The quantitative estimate of drug-likeness (QED) is 0.824. The molecule has 136 valence electrons. The van der Waals surface area contributed by atoms with E-state index in [4.69, 9.17) is 4.74 Å². The number of nitrogens with zero attached hydrogens (tertiary/aromatic N) is 2. The van der Waals surface area contributed by atoms with E-state index in [1.165, 1.54) is 7.11 Å². The Morgan fingerprint density at radius 2 is 1.84 bits per heavy atom. The highest BCUT2D eigenvalue weighted by molar-refractivity contribution is 5.85. The summed E-state index contributed by atoms with van der Waals surface area (Å²) in [6, 6.07) is 7.90. The van der Waals surface area contributed by atoms with Crippen LogP contribution < -0.4 is 10.1 Å². The molecule has 2 aromatic rings. The molecule has 0 bridgehead atoms. The van der Waals surface area contributed by atoms with Gasteiger partial charge in [-0.2, -0.15) is 13.2 Å². The van der Waals surface area contributed by atoms with Crippen LogP contribution in [0.3, 0.4) is 0 Å². The van der Waals surface area contributed by atoms with Crippen LogP contribution in [0.5, 0.6) is 5.75 Å². The number of hydrogen-bond donors (Lipinski definition) is 1. The van der Waals surface area contributed by atoms with Gasteiger partial charge in [-0.05, 0) is 31.0 Å². The van der Waals surface area contributed by atoms with Crippen LogP contribution in [0.4, 0.5) is 19.1 Å². The number of anilines is 1. The molecule has 1 aromatic carbocycles. The van der Waals surface area contributed by atoms with Gasteiger partial charge in [0.05, 0.1) is 12.8 Å². The van der Waals surface area contributed by atoms with Crippen molar-refractivity contribution in [3.05, 3.63) is 36.0 Å². The van der Waals surface area contributed by atoms with Crippen LogP contribution in [0.25, 0.3) is 11.3 Å². The zero-order valence-corrected chi connectivity index (χ0v) is 14.5. The number of halogens is 4. The van der Waals surface area contributed by atoms with Crippen molar-refractivity contribution in [2.24, 2.45) is 0 Å². The number of aromatic nitrogens is 2. The minimum Gasteiger partial charge on any atom is -0.497 e. The second-order valence-corrected chi connectivity index (χ2v) is 5.82. The first-order valence-electron chi connectivity index (χ1n) is 7.83. The Morgan fingerprint density at radius 3 is 2.48 bits per heavy atom. The lowest BCUT2D eigenvalue weighted by Crippen LogP contribution is -2.19. The first-order chi connectivity index (χ1) is 11.5. The molecule has 1 aliphatic rings. The lowest BCUT2D eigenvalue weighted by molar-refractivity contribution is -0.141. The van der Waals surface area contributed by atoms with Gasteiger partial charge in [-0.1, -0.05) is 25.0 Å². The van der Waals surface area contributed by atoms with Gasteiger partial charge in [-0.3, -0.25) is 0 Å². The third-order valence-electron chi connectivity index (χ3n) is 4.07. The number of alkyl halides is 3. The summed E-state index contributed by atoms with van der Waals surface area (Å²) in [6.45, 7) is 0. The number of hydrogen-bond acceptors (Lipinski definition) is 4. The fraction of sp³-hybridized carbons (Fsp3) is 0.412. The molecule has 1 aromatic heterocycles. The van der Waals surface area contributed by atoms with Crippen molar-refractivity contribution in [3.8, 4) is 17.0 Å². The lowest BCUT2D eigenvalue weighted by Gasteiger charge is -2.15. The first-order valence-corrected chi connectivity index (χ1v) is 7.83. The molecule has 0 aliphatic heterocycles. The fourth-order valence-electron chi connectivity index (χ4n) is 2.84. The maximum Gasteiger partial charge on any atom is 0.433 e. The molecule has 0 amide bonds. The number of benzene rings is 1. The SMILES string of the molecule is COc1cccc(-c2cc(C(F)(F)F)nc(NC3CCCC3)n2)c1.Cl. The van der Waals surface area contributed by atoms with Gasteiger partial charge in [0.2, 0.25) is 5.95 Å². The Kier molecular flexibility index (Phi) is 6.11. The van der Waals surface area contributed by atoms with E-state index in [2.05, 4.69) is 15.3 Å². The molecule has 8 heteroatoms. The van der Waals surface area contributed by atoms with Gasteiger partial charge in [0.1, 0.15) is 5.75 Å². The van der Waals surface area contributed by atoms with Crippen LogP contribution in [-0.4, -0.2) is 23.1 Å². The topological polar surface area (TPSA) is 47.0 Å². The smallest absolute Gasteiger partial charge is 0.433 e. The largest absolute Gasteiger partial charge is 0.497 e. The monoisotopic (exact) mass is 373 g/mol. The van der Waals surface area contributed by atoms with Gasteiger partial charge >= 0.3 is 6.18 Å². The van der Waals surface area contributed by atoms with E-state index in [-0.39, 0.29) is 30.1 Å². The van der Waals surface area contributed by atoms with Crippen molar-refractivity contribution in [2.45, 2.75) is 37.9 Å². The van der Waals surface area contributed by atoms with Crippen LogP contribution in [0.15, 0.2) is 30.3 Å². The van der Waals surface area contributed by atoms with Crippen LogP contribution in [0, 0.1) is 0 Å². The van der Waals surface area contributed by atoms with Crippen LogP contribution in [0.1, 0.15) is 31.4 Å². The van der Waals surface area contributed by atoms with Gasteiger partial charge in [-0.15, -0.1) is 12.4 Å². The Bertz CT molecular complexity index is 719. The average molecular weight is 374 g/mol. The van der Waals surface area contributed by atoms with Crippen molar-refractivity contribution >= 4 is 18.4 Å². The highest BCUT2D eigenvalue weighted by Crippen LogP contribution is 2.32. The predicted octanol–water partition coefficient (Wildman–Crippen LogP) is 4.95. The maximum absolute atomic E-state index is 13.2. The molecule has 1 heterocycles. The summed E-state index contributed by atoms with van der Waals surface area (Å²) in [6.07, 6.45) is -0.538. The van der Waals surface area contributed by atoms with Gasteiger partial charge in [0.25, 0.3) is 0 Å². The summed E-state index contributed by atoms with van der Waals surface area (Å²) in [5.41, 5.74) is -0.177. The summed E-state index contributed by atoms with van der Waals surface area (Å²) >= 11 is 0. The van der Waals surface area contributed by atoms with Crippen molar-refractivity contribution in [1.82, 2.24) is 9.97 Å². The van der Waals surface area contributed by atoms with Crippen molar-refractivity contribution in [3.63, 3.8) is 0 Å². The summed E-state index contributed by atoms with van der Waals surface area (Å²) in [5, 5.41) is 3.04. The van der Waals surface area contributed by atoms with E-state index in [0.717, 1.165) is 31.7 Å². The van der Waals surface area contributed by atoms with E-state index in [1.807, 2.05) is 0 Å².